The third kappa shape index (κ3) is 3.69. The number of aromatic nitrogens is 1. The Morgan fingerprint density at radius 2 is 1.79 bits per heavy atom. The van der Waals surface area contributed by atoms with Gasteiger partial charge in [-0.15, -0.1) is 11.3 Å². The summed E-state index contributed by atoms with van der Waals surface area (Å²) in [6, 6.07) is 7.02. The van der Waals surface area contributed by atoms with Crippen LogP contribution in [0.4, 0.5) is 5.13 Å². The number of thiazole rings is 1. The molecule has 0 aliphatic carbocycles. The fraction of sp³-hybridized carbons (Fsp3) is 0.450. The monoisotopic (exact) mass is 400 g/mol. The van der Waals surface area contributed by atoms with Gasteiger partial charge in [0, 0.05) is 49.9 Å². The average Bonchev–Trinajstić information content (AvgIpc) is 3.44. The lowest BCUT2D eigenvalue weighted by Gasteiger charge is -2.37. The van der Waals surface area contributed by atoms with E-state index in [-0.39, 0.29) is 17.9 Å². The number of anilines is 1. The SMILES string of the molecule is COc1ccc(C(=O)N2CCN(C(=O)C3CCCN3c3nccs3)CC2)cc1. The third-order valence-corrected chi connectivity index (χ3v) is 6.23. The van der Waals surface area contributed by atoms with E-state index < -0.39 is 0 Å². The number of ether oxygens (including phenoxy) is 1. The fourth-order valence-electron chi connectivity index (χ4n) is 3.87. The lowest BCUT2D eigenvalue weighted by Crippen LogP contribution is -2.54. The van der Waals surface area contributed by atoms with Gasteiger partial charge in [-0.1, -0.05) is 0 Å². The van der Waals surface area contributed by atoms with Gasteiger partial charge in [0.15, 0.2) is 5.13 Å². The van der Waals surface area contributed by atoms with Crippen molar-refractivity contribution in [1.82, 2.24) is 14.8 Å². The van der Waals surface area contributed by atoms with E-state index in [1.54, 1.807) is 48.9 Å². The molecule has 0 spiro atoms. The third-order valence-electron chi connectivity index (χ3n) is 5.42. The van der Waals surface area contributed by atoms with Gasteiger partial charge in [-0.25, -0.2) is 4.98 Å². The summed E-state index contributed by atoms with van der Waals surface area (Å²) in [5.41, 5.74) is 0.645. The normalized spacial score (nSPS) is 19.8. The molecule has 7 nitrogen and oxygen atoms in total. The van der Waals surface area contributed by atoms with Crippen molar-refractivity contribution < 1.29 is 14.3 Å². The van der Waals surface area contributed by atoms with Crippen LogP contribution in [0, 0.1) is 0 Å². The Morgan fingerprint density at radius 1 is 1.07 bits per heavy atom. The second-order valence-corrected chi connectivity index (χ2v) is 7.89. The summed E-state index contributed by atoms with van der Waals surface area (Å²) in [4.78, 5) is 36.0. The first-order valence-corrected chi connectivity index (χ1v) is 10.4. The van der Waals surface area contributed by atoms with Crippen LogP contribution in [0.5, 0.6) is 5.75 Å². The second kappa shape index (κ2) is 8.18. The Balaban J connectivity index is 1.35. The summed E-state index contributed by atoms with van der Waals surface area (Å²) in [6.45, 7) is 3.13. The number of rotatable bonds is 4. The van der Waals surface area contributed by atoms with Gasteiger partial charge in [-0.2, -0.15) is 0 Å². The Kier molecular flexibility index (Phi) is 5.47. The van der Waals surface area contributed by atoms with Gasteiger partial charge in [0.05, 0.1) is 7.11 Å². The Bertz CT molecular complexity index is 816. The highest BCUT2D eigenvalue weighted by Gasteiger charge is 2.36. The van der Waals surface area contributed by atoms with Gasteiger partial charge in [-0.05, 0) is 37.1 Å². The highest BCUT2D eigenvalue weighted by Crippen LogP contribution is 2.28. The van der Waals surface area contributed by atoms with Crippen LogP contribution in [0.1, 0.15) is 23.2 Å². The Labute approximate surface area is 168 Å². The molecule has 3 heterocycles. The van der Waals surface area contributed by atoms with E-state index in [4.69, 9.17) is 4.74 Å². The van der Waals surface area contributed by atoms with Crippen LogP contribution in [0.15, 0.2) is 35.8 Å². The van der Waals surface area contributed by atoms with Crippen molar-refractivity contribution in [3.63, 3.8) is 0 Å². The number of hydrogen-bond acceptors (Lipinski definition) is 6. The van der Waals surface area contributed by atoms with E-state index in [2.05, 4.69) is 9.88 Å². The summed E-state index contributed by atoms with van der Waals surface area (Å²) in [6.07, 6.45) is 3.65. The van der Waals surface area contributed by atoms with Crippen molar-refractivity contribution in [3.05, 3.63) is 41.4 Å². The minimum absolute atomic E-state index is 0.0000283. The molecule has 1 aromatic carbocycles. The quantitative estimate of drug-likeness (QED) is 0.786. The first kappa shape index (κ1) is 18.7. The summed E-state index contributed by atoms with van der Waals surface area (Å²) in [5, 5.41) is 2.86. The van der Waals surface area contributed by atoms with Crippen LogP contribution in [-0.4, -0.2) is 72.5 Å². The number of methoxy groups -OCH3 is 1. The lowest BCUT2D eigenvalue weighted by atomic mass is 10.1. The summed E-state index contributed by atoms with van der Waals surface area (Å²) >= 11 is 1.57. The van der Waals surface area contributed by atoms with Crippen molar-refractivity contribution in [2.75, 3.05) is 44.7 Å². The van der Waals surface area contributed by atoms with Crippen LogP contribution in [0.3, 0.4) is 0 Å². The predicted molar refractivity (Wildman–Crippen MR) is 108 cm³/mol. The lowest BCUT2D eigenvalue weighted by molar-refractivity contribution is -0.133. The molecule has 0 bridgehead atoms. The van der Waals surface area contributed by atoms with Crippen LogP contribution in [0.25, 0.3) is 0 Å². The van der Waals surface area contributed by atoms with Gasteiger partial charge < -0.3 is 19.4 Å². The molecule has 1 unspecified atom stereocenters. The number of amides is 2. The highest BCUT2D eigenvalue weighted by molar-refractivity contribution is 7.13. The van der Waals surface area contributed by atoms with Crippen molar-refractivity contribution in [2.24, 2.45) is 0 Å². The molecule has 2 saturated heterocycles. The maximum absolute atomic E-state index is 13.1. The fourth-order valence-corrected chi connectivity index (χ4v) is 4.59. The minimum Gasteiger partial charge on any atom is -0.497 e. The Morgan fingerprint density at radius 3 is 2.43 bits per heavy atom. The molecule has 0 radical (unpaired) electrons. The molecule has 2 aliphatic heterocycles. The van der Waals surface area contributed by atoms with Crippen molar-refractivity contribution in [3.8, 4) is 5.75 Å². The summed E-state index contributed by atoms with van der Waals surface area (Å²) in [7, 11) is 1.60. The van der Waals surface area contributed by atoms with Gasteiger partial charge in [0.2, 0.25) is 5.91 Å². The minimum atomic E-state index is -0.130. The largest absolute Gasteiger partial charge is 0.497 e. The number of carbonyl (C=O) groups excluding carboxylic acids is 2. The van der Waals surface area contributed by atoms with E-state index >= 15 is 0 Å². The molecule has 148 valence electrons. The standard InChI is InChI=1S/C20H24N4O3S/c1-27-16-6-4-15(5-7-16)18(25)22-10-12-23(13-11-22)19(26)17-3-2-9-24(17)20-21-8-14-28-20/h4-8,14,17H,2-3,9-13H2,1H3. The molecule has 2 aliphatic rings. The number of nitrogens with zero attached hydrogens (tertiary/aromatic N) is 4. The van der Waals surface area contributed by atoms with E-state index in [0.29, 0.717) is 31.7 Å². The molecule has 2 aromatic rings. The van der Waals surface area contributed by atoms with Crippen LogP contribution < -0.4 is 9.64 Å². The number of carbonyl (C=O) groups is 2. The van der Waals surface area contributed by atoms with Gasteiger partial charge >= 0.3 is 0 Å². The summed E-state index contributed by atoms with van der Waals surface area (Å²) < 4.78 is 5.14. The first-order valence-electron chi connectivity index (χ1n) is 9.55. The maximum atomic E-state index is 13.1. The molecule has 4 rings (SSSR count). The highest BCUT2D eigenvalue weighted by atomic mass is 32.1. The molecule has 8 heteroatoms. The maximum Gasteiger partial charge on any atom is 0.253 e. The van der Waals surface area contributed by atoms with Gasteiger partial charge in [-0.3, -0.25) is 9.59 Å². The molecule has 1 atom stereocenters. The summed E-state index contributed by atoms with van der Waals surface area (Å²) in [5.74, 6) is 0.887. The van der Waals surface area contributed by atoms with E-state index in [1.807, 2.05) is 15.2 Å². The number of hydrogen-bond donors (Lipinski definition) is 0. The average molecular weight is 401 g/mol. The molecule has 1 aromatic heterocycles. The first-order chi connectivity index (χ1) is 13.7. The van der Waals surface area contributed by atoms with Crippen LogP contribution in [0.2, 0.25) is 0 Å². The zero-order chi connectivity index (χ0) is 19.5. The molecule has 28 heavy (non-hydrogen) atoms. The predicted octanol–water partition coefficient (Wildman–Crippen LogP) is 2.11. The second-order valence-electron chi connectivity index (χ2n) is 7.01. The van der Waals surface area contributed by atoms with Crippen molar-refractivity contribution in [2.45, 2.75) is 18.9 Å². The molecule has 0 saturated carbocycles. The molecule has 2 fully saturated rings. The van der Waals surface area contributed by atoms with E-state index in [0.717, 1.165) is 30.3 Å². The van der Waals surface area contributed by atoms with E-state index in [9.17, 15) is 9.59 Å². The van der Waals surface area contributed by atoms with Crippen LogP contribution in [-0.2, 0) is 4.79 Å². The van der Waals surface area contributed by atoms with Gasteiger partial charge in [0.1, 0.15) is 11.8 Å². The Hall–Kier alpha value is -2.61. The van der Waals surface area contributed by atoms with Gasteiger partial charge in [0.25, 0.3) is 5.91 Å². The smallest absolute Gasteiger partial charge is 0.253 e. The van der Waals surface area contributed by atoms with Crippen LogP contribution >= 0.6 is 11.3 Å². The molecular formula is C20H24N4O3S. The zero-order valence-corrected chi connectivity index (χ0v) is 16.7. The topological polar surface area (TPSA) is 66.0 Å². The van der Waals surface area contributed by atoms with E-state index in [1.165, 1.54) is 0 Å². The van der Waals surface area contributed by atoms with Crippen molar-refractivity contribution >= 4 is 28.3 Å². The number of benzene rings is 1. The molecular weight excluding hydrogens is 376 g/mol. The zero-order valence-electron chi connectivity index (χ0n) is 15.9. The number of piperazine rings is 1. The van der Waals surface area contributed by atoms with Crippen molar-refractivity contribution in [1.29, 1.82) is 0 Å². The molecule has 0 N–H and O–H groups in total. The molecule has 2 amide bonds.